The second-order valence-corrected chi connectivity index (χ2v) is 5.56. The number of rotatable bonds is 4. The second-order valence-electron chi connectivity index (χ2n) is 3.63. The summed E-state index contributed by atoms with van der Waals surface area (Å²) in [6.07, 6.45) is 0.601. The van der Waals surface area contributed by atoms with E-state index in [1.54, 1.807) is 0 Å². The van der Waals surface area contributed by atoms with Gasteiger partial charge in [-0.15, -0.1) is 0 Å². The molecule has 0 aromatic carbocycles. The van der Waals surface area contributed by atoms with E-state index in [1.165, 1.54) is 33.3 Å². The van der Waals surface area contributed by atoms with Gasteiger partial charge >= 0.3 is 0 Å². The van der Waals surface area contributed by atoms with Gasteiger partial charge in [0.25, 0.3) is 0 Å². The Morgan fingerprint density at radius 3 is 1.65 bits per heavy atom. The molecule has 2 fully saturated rings. The van der Waals surface area contributed by atoms with E-state index in [1.807, 2.05) is 0 Å². The van der Waals surface area contributed by atoms with Crippen LogP contribution in [0.25, 0.3) is 0 Å². The Balaban J connectivity index is 1.79. The zero-order valence-corrected chi connectivity index (χ0v) is 10.7. The van der Waals surface area contributed by atoms with Crippen molar-refractivity contribution in [1.29, 1.82) is 10.8 Å². The number of hydrogen-bond donors (Lipinski definition) is 2. The summed E-state index contributed by atoms with van der Waals surface area (Å²) in [5.41, 5.74) is 0. The van der Waals surface area contributed by atoms with E-state index in [9.17, 15) is 9.59 Å². The van der Waals surface area contributed by atoms with Gasteiger partial charge in [0, 0.05) is 13.1 Å². The minimum absolute atomic E-state index is 0.0443. The van der Waals surface area contributed by atoms with Crippen molar-refractivity contribution >= 4 is 45.7 Å². The Kier molecular flexibility index (Phi) is 3.72. The zero-order valence-electron chi connectivity index (χ0n) is 9.06. The van der Waals surface area contributed by atoms with E-state index < -0.39 is 0 Å². The molecule has 0 aliphatic carbocycles. The summed E-state index contributed by atoms with van der Waals surface area (Å²) < 4.78 is 0. The van der Waals surface area contributed by atoms with Crippen molar-refractivity contribution in [3.63, 3.8) is 0 Å². The lowest BCUT2D eigenvalue weighted by atomic mass is 10.3. The van der Waals surface area contributed by atoms with Crippen LogP contribution in [0.5, 0.6) is 0 Å². The fourth-order valence-corrected chi connectivity index (χ4v) is 3.17. The molecule has 0 saturated carbocycles. The predicted octanol–water partition coefficient (Wildman–Crippen LogP) is 0.397. The molecule has 2 aliphatic heterocycles. The molecule has 0 bridgehead atoms. The van der Waals surface area contributed by atoms with Crippen LogP contribution >= 0.6 is 23.5 Å². The van der Waals surface area contributed by atoms with Crippen LogP contribution in [0.3, 0.4) is 0 Å². The van der Waals surface area contributed by atoms with Gasteiger partial charge < -0.3 is 0 Å². The Labute approximate surface area is 107 Å². The number of carbonyl (C=O) groups excluding carboxylic acids is 2. The molecule has 0 aromatic rings. The van der Waals surface area contributed by atoms with E-state index in [-0.39, 0.29) is 22.1 Å². The molecule has 2 heterocycles. The summed E-state index contributed by atoms with van der Waals surface area (Å²) in [4.78, 5) is 25.6. The largest absolute Gasteiger partial charge is 0.291 e. The van der Waals surface area contributed by atoms with E-state index in [0.717, 1.165) is 0 Å². The first kappa shape index (κ1) is 12.4. The first-order valence-corrected chi connectivity index (χ1v) is 7.10. The Morgan fingerprint density at radius 1 is 0.941 bits per heavy atom. The molecule has 17 heavy (non-hydrogen) atoms. The van der Waals surface area contributed by atoms with Crippen LogP contribution in [0.1, 0.15) is 6.42 Å². The van der Waals surface area contributed by atoms with E-state index in [0.29, 0.717) is 31.0 Å². The van der Waals surface area contributed by atoms with Crippen molar-refractivity contribution < 1.29 is 9.59 Å². The first-order chi connectivity index (χ1) is 8.09. The topological polar surface area (TPSA) is 88.3 Å². The maximum absolute atomic E-state index is 11.4. The molecular weight excluding hydrogens is 260 g/mol. The Morgan fingerprint density at radius 2 is 1.35 bits per heavy atom. The third kappa shape index (κ3) is 2.63. The number of nitrogens with zero attached hydrogens (tertiary/aromatic N) is 2. The van der Waals surface area contributed by atoms with E-state index >= 15 is 0 Å². The minimum Gasteiger partial charge on any atom is -0.291 e. The molecule has 0 spiro atoms. The highest BCUT2D eigenvalue weighted by molar-refractivity contribution is 8.15. The molecule has 2 N–H and O–H groups in total. The number of amidine groups is 2. The maximum atomic E-state index is 11.4. The molecule has 2 saturated heterocycles. The summed E-state index contributed by atoms with van der Waals surface area (Å²) in [7, 11) is 0. The van der Waals surface area contributed by atoms with Crippen LogP contribution in [-0.4, -0.2) is 56.5 Å². The maximum Gasteiger partial charge on any atom is 0.239 e. The van der Waals surface area contributed by atoms with Crippen molar-refractivity contribution in [2.24, 2.45) is 0 Å². The molecule has 0 unspecified atom stereocenters. The van der Waals surface area contributed by atoms with Gasteiger partial charge in [0.15, 0.2) is 10.3 Å². The predicted molar refractivity (Wildman–Crippen MR) is 68.4 cm³/mol. The molecule has 0 radical (unpaired) electrons. The number of hydrogen-bond acceptors (Lipinski definition) is 6. The molecule has 2 aliphatic rings. The molecule has 0 atom stereocenters. The number of amides is 2. The van der Waals surface area contributed by atoms with Crippen LogP contribution in [0.4, 0.5) is 0 Å². The highest BCUT2D eigenvalue weighted by Gasteiger charge is 2.29. The summed E-state index contributed by atoms with van der Waals surface area (Å²) in [5.74, 6) is 0.592. The van der Waals surface area contributed by atoms with Gasteiger partial charge in [-0.1, -0.05) is 23.5 Å². The smallest absolute Gasteiger partial charge is 0.239 e. The van der Waals surface area contributed by atoms with Gasteiger partial charge in [-0.3, -0.25) is 30.2 Å². The lowest BCUT2D eigenvalue weighted by Crippen LogP contribution is -2.35. The molecule has 2 amide bonds. The average molecular weight is 272 g/mol. The summed E-state index contributed by atoms with van der Waals surface area (Å²) in [6.45, 7) is 0.902. The molecule has 92 valence electrons. The Bertz CT molecular complexity index is 330. The van der Waals surface area contributed by atoms with Gasteiger partial charge in [-0.25, -0.2) is 0 Å². The molecule has 8 heteroatoms. The second kappa shape index (κ2) is 5.09. The van der Waals surface area contributed by atoms with Crippen LogP contribution in [0, 0.1) is 10.8 Å². The van der Waals surface area contributed by atoms with Gasteiger partial charge in [0.1, 0.15) is 0 Å². The fraction of sp³-hybridized carbons (Fsp3) is 0.556. The quantitative estimate of drug-likeness (QED) is 0.775. The zero-order chi connectivity index (χ0) is 12.4. The van der Waals surface area contributed by atoms with Gasteiger partial charge in [0.05, 0.1) is 11.5 Å². The van der Waals surface area contributed by atoms with Crippen molar-refractivity contribution in [3.8, 4) is 0 Å². The lowest BCUT2D eigenvalue weighted by Gasteiger charge is -2.18. The summed E-state index contributed by atoms with van der Waals surface area (Å²) >= 11 is 2.46. The van der Waals surface area contributed by atoms with E-state index in [4.69, 9.17) is 10.8 Å². The normalized spacial score (nSPS) is 20.9. The highest BCUT2D eigenvalue weighted by atomic mass is 32.2. The first-order valence-electron chi connectivity index (χ1n) is 5.13. The molecule has 0 aromatic heterocycles. The number of thioether (sulfide) groups is 2. The third-order valence-electron chi connectivity index (χ3n) is 2.52. The standard InChI is InChI=1S/C9H12N4O2S2/c10-8-12(6(14)4-16-8)2-1-3-13-7(15)5-17-9(13)11/h10-11H,1-5H2. The van der Waals surface area contributed by atoms with Crippen LogP contribution in [0.2, 0.25) is 0 Å². The van der Waals surface area contributed by atoms with Crippen LogP contribution in [0.15, 0.2) is 0 Å². The van der Waals surface area contributed by atoms with Crippen molar-refractivity contribution in [3.05, 3.63) is 0 Å². The Hall–Kier alpha value is -1.02. The van der Waals surface area contributed by atoms with Crippen molar-refractivity contribution in [2.75, 3.05) is 24.6 Å². The van der Waals surface area contributed by atoms with Gasteiger partial charge in [-0.05, 0) is 6.42 Å². The highest BCUT2D eigenvalue weighted by Crippen LogP contribution is 2.20. The average Bonchev–Trinajstić information content (AvgIpc) is 2.77. The summed E-state index contributed by atoms with van der Waals surface area (Å²) in [5, 5.41) is 15.7. The fourth-order valence-electron chi connectivity index (χ4n) is 1.64. The summed E-state index contributed by atoms with van der Waals surface area (Å²) in [6, 6.07) is 0. The van der Waals surface area contributed by atoms with Crippen LogP contribution in [-0.2, 0) is 9.59 Å². The molecular formula is C9H12N4O2S2. The third-order valence-corrected chi connectivity index (χ3v) is 4.29. The lowest BCUT2D eigenvalue weighted by molar-refractivity contribution is -0.124. The molecule has 2 rings (SSSR count). The van der Waals surface area contributed by atoms with Gasteiger partial charge in [0.2, 0.25) is 11.8 Å². The molecule has 6 nitrogen and oxygen atoms in total. The van der Waals surface area contributed by atoms with Crippen LogP contribution < -0.4 is 0 Å². The monoisotopic (exact) mass is 272 g/mol. The van der Waals surface area contributed by atoms with Crippen molar-refractivity contribution in [1.82, 2.24) is 9.80 Å². The van der Waals surface area contributed by atoms with Crippen molar-refractivity contribution in [2.45, 2.75) is 6.42 Å². The number of nitrogens with one attached hydrogen (secondary N) is 2. The minimum atomic E-state index is -0.0443. The van der Waals surface area contributed by atoms with Gasteiger partial charge in [-0.2, -0.15) is 0 Å². The SMILES string of the molecule is N=C1SCC(=O)N1CCCN1C(=N)SCC1=O. The number of carbonyl (C=O) groups is 2. The van der Waals surface area contributed by atoms with E-state index in [2.05, 4.69) is 0 Å².